The Morgan fingerprint density at radius 3 is 3.00 bits per heavy atom. The summed E-state index contributed by atoms with van der Waals surface area (Å²) in [4.78, 5) is 4.27. The van der Waals surface area contributed by atoms with E-state index in [4.69, 9.17) is 5.11 Å². The number of nitrogens with zero attached hydrogens (tertiary/aromatic N) is 1. The summed E-state index contributed by atoms with van der Waals surface area (Å²) >= 11 is 4.68. The third-order valence-electron chi connectivity index (χ3n) is 2.08. The van der Waals surface area contributed by atoms with Crippen LogP contribution in [0.3, 0.4) is 0 Å². The molecule has 5 heteroatoms. The van der Waals surface area contributed by atoms with Crippen molar-refractivity contribution in [2.45, 2.75) is 6.42 Å². The highest BCUT2D eigenvalue weighted by molar-refractivity contribution is 9.10. The fourth-order valence-corrected chi connectivity index (χ4v) is 2.55. The maximum atomic E-state index is 13.5. The Kier molecular flexibility index (Phi) is 3.68. The fourth-order valence-electron chi connectivity index (χ4n) is 1.32. The number of hydrogen-bond donors (Lipinski definition) is 1. The zero-order valence-electron chi connectivity index (χ0n) is 8.28. The lowest BCUT2D eigenvalue weighted by molar-refractivity contribution is 0.298. The molecule has 2 nitrogen and oxygen atoms in total. The van der Waals surface area contributed by atoms with Gasteiger partial charge < -0.3 is 5.11 Å². The molecule has 0 atom stereocenters. The molecule has 0 aliphatic heterocycles. The summed E-state index contributed by atoms with van der Waals surface area (Å²) in [6.45, 7) is 0.0597. The highest BCUT2D eigenvalue weighted by atomic mass is 79.9. The Morgan fingerprint density at radius 2 is 2.25 bits per heavy atom. The lowest BCUT2D eigenvalue weighted by Gasteiger charge is -1.99. The van der Waals surface area contributed by atoms with Gasteiger partial charge >= 0.3 is 0 Å². The molecule has 0 amide bonds. The molecule has 1 N–H and O–H groups in total. The van der Waals surface area contributed by atoms with Gasteiger partial charge in [0.05, 0.1) is 5.69 Å². The summed E-state index contributed by atoms with van der Waals surface area (Å²) in [7, 11) is 0. The van der Waals surface area contributed by atoms with Crippen LogP contribution >= 0.6 is 27.3 Å². The van der Waals surface area contributed by atoms with Gasteiger partial charge in [-0.3, -0.25) is 0 Å². The number of benzene rings is 1. The highest BCUT2D eigenvalue weighted by Crippen LogP contribution is 2.28. The lowest BCUT2D eigenvalue weighted by Crippen LogP contribution is -1.91. The maximum Gasteiger partial charge on any atom is 0.133 e. The van der Waals surface area contributed by atoms with Crippen LogP contribution in [0, 0.1) is 5.82 Å². The molecule has 0 fully saturated rings. The van der Waals surface area contributed by atoms with Gasteiger partial charge in [0.15, 0.2) is 0 Å². The van der Waals surface area contributed by atoms with E-state index in [2.05, 4.69) is 20.9 Å². The second kappa shape index (κ2) is 5.03. The Labute approximate surface area is 105 Å². The molecule has 0 saturated heterocycles. The molecule has 1 aromatic carbocycles. The Hall–Kier alpha value is -0.780. The van der Waals surface area contributed by atoms with Crippen LogP contribution in [0.1, 0.15) is 5.69 Å². The van der Waals surface area contributed by atoms with Gasteiger partial charge in [-0.2, -0.15) is 0 Å². The number of aliphatic hydroxyl groups excluding tert-OH is 1. The van der Waals surface area contributed by atoms with Crippen LogP contribution in [0.2, 0.25) is 0 Å². The summed E-state index contributed by atoms with van der Waals surface area (Å²) in [5.74, 6) is -0.284. The van der Waals surface area contributed by atoms with Gasteiger partial charge in [-0.25, -0.2) is 9.37 Å². The third kappa shape index (κ3) is 2.48. The molecule has 0 aliphatic rings. The normalized spacial score (nSPS) is 10.7. The summed E-state index contributed by atoms with van der Waals surface area (Å²) in [5.41, 5.74) is 1.28. The number of thiazole rings is 1. The molecule has 0 aliphatic carbocycles. The average Bonchev–Trinajstić information content (AvgIpc) is 2.71. The Bertz CT molecular complexity index is 500. The van der Waals surface area contributed by atoms with Crippen LogP contribution < -0.4 is 0 Å². The first-order valence-electron chi connectivity index (χ1n) is 4.71. The standard InChI is InChI=1S/C11H9BrFNOS/c12-7-1-2-10(13)9(5-7)11-14-8(3-4-15)6-16-11/h1-2,5-6,15H,3-4H2. The third-order valence-corrected chi connectivity index (χ3v) is 3.50. The van der Waals surface area contributed by atoms with Gasteiger partial charge in [0.1, 0.15) is 10.8 Å². The summed E-state index contributed by atoms with van der Waals surface area (Å²) in [6, 6.07) is 4.77. The lowest BCUT2D eigenvalue weighted by atomic mass is 10.2. The first kappa shape index (κ1) is 11.7. The molecular formula is C11H9BrFNOS. The number of aliphatic hydroxyl groups is 1. The van der Waals surface area contributed by atoms with Crippen molar-refractivity contribution in [3.63, 3.8) is 0 Å². The van der Waals surface area contributed by atoms with E-state index in [1.54, 1.807) is 12.1 Å². The van der Waals surface area contributed by atoms with Crippen molar-refractivity contribution in [1.82, 2.24) is 4.98 Å². The zero-order valence-corrected chi connectivity index (χ0v) is 10.7. The average molecular weight is 302 g/mol. The predicted molar refractivity (Wildman–Crippen MR) is 66.0 cm³/mol. The number of aromatic nitrogens is 1. The van der Waals surface area contributed by atoms with Crippen LogP contribution in [0.4, 0.5) is 4.39 Å². The van der Waals surface area contributed by atoms with E-state index in [0.29, 0.717) is 17.0 Å². The van der Waals surface area contributed by atoms with Gasteiger partial charge in [0.2, 0.25) is 0 Å². The summed E-state index contributed by atoms with van der Waals surface area (Å²) in [5, 5.41) is 11.3. The van der Waals surface area contributed by atoms with Crippen molar-refractivity contribution in [3.8, 4) is 10.6 Å². The first-order chi connectivity index (χ1) is 7.70. The number of halogens is 2. The molecule has 0 spiro atoms. The molecule has 0 radical (unpaired) electrons. The van der Waals surface area contributed by atoms with Crippen LogP contribution in [0.25, 0.3) is 10.6 Å². The second-order valence-electron chi connectivity index (χ2n) is 3.24. The van der Waals surface area contributed by atoms with Gasteiger partial charge in [-0.05, 0) is 18.2 Å². The van der Waals surface area contributed by atoms with Crippen molar-refractivity contribution >= 4 is 27.3 Å². The van der Waals surface area contributed by atoms with Crippen LogP contribution in [-0.2, 0) is 6.42 Å². The van der Waals surface area contributed by atoms with E-state index >= 15 is 0 Å². The second-order valence-corrected chi connectivity index (χ2v) is 5.02. The van der Waals surface area contributed by atoms with E-state index in [0.717, 1.165) is 10.2 Å². The summed E-state index contributed by atoms with van der Waals surface area (Å²) in [6.07, 6.45) is 0.506. The fraction of sp³-hybridized carbons (Fsp3) is 0.182. The topological polar surface area (TPSA) is 33.1 Å². The molecule has 2 aromatic rings. The molecule has 0 saturated carbocycles. The van der Waals surface area contributed by atoms with E-state index in [9.17, 15) is 4.39 Å². The van der Waals surface area contributed by atoms with Crippen LogP contribution in [-0.4, -0.2) is 16.7 Å². The zero-order chi connectivity index (χ0) is 11.5. The van der Waals surface area contributed by atoms with Crippen LogP contribution in [0.15, 0.2) is 28.1 Å². The SMILES string of the molecule is OCCc1csc(-c2cc(Br)ccc2F)n1. The first-order valence-corrected chi connectivity index (χ1v) is 6.38. The molecule has 1 heterocycles. The minimum atomic E-state index is -0.284. The maximum absolute atomic E-state index is 13.5. The van der Waals surface area contributed by atoms with Crippen molar-refractivity contribution < 1.29 is 9.50 Å². The molecule has 84 valence electrons. The summed E-state index contributed by atoms with van der Waals surface area (Å²) < 4.78 is 14.4. The van der Waals surface area contributed by atoms with Crippen LogP contribution in [0.5, 0.6) is 0 Å². The molecule has 0 unspecified atom stereocenters. The van der Waals surface area contributed by atoms with E-state index < -0.39 is 0 Å². The van der Waals surface area contributed by atoms with Crippen molar-refractivity contribution in [2.75, 3.05) is 6.61 Å². The molecule has 0 bridgehead atoms. The molecule has 1 aromatic heterocycles. The highest BCUT2D eigenvalue weighted by Gasteiger charge is 2.10. The van der Waals surface area contributed by atoms with Gasteiger partial charge in [-0.15, -0.1) is 11.3 Å². The van der Waals surface area contributed by atoms with E-state index in [1.165, 1.54) is 17.4 Å². The van der Waals surface area contributed by atoms with Gasteiger partial charge in [-0.1, -0.05) is 15.9 Å². The van der Waals surface area contributed by atoms with E-state index in [-0.39, 0.29) is 12.4 Å². The van der Waals surface area contributed by atoms with Gasteiger partial charge in [0, 0.05) is 28.4 Å². The van der Waals surface area contributed by atoms with Gasteiger partial charge in [0.25, 0.3) is 0 Å². The monoisotopic (exact) mass is 301 g/mol. The largest absolute Gasteiger partial charge is 0.396 e. The Balaban J connectivity index is 2.38. The smallest absolute Gasteiger partial charge is 0.133 e. The van der Waals surface area contributed by atoms with Crippen molar-refractivity contribution in [3.05, 3.63) is 39.6 Å². The predicted octanol–water partition coefficient (Wildman–Crippen LogP) is 3.25. The minimum Gasteiger partial charge on any atom is -0.396 e. The minimum absolute atomic E-state index is 0.0597. The number of hydrogen-bond acceptors (Lipinski definition) is 3. The Morgan fingerprint density at radius 1 is 1.44 bits per heavy atom. The van der Waals surface area contributed by atoms with Crippen molar-refractivity contribution in [1.29, 1.82) is 0 Å². The molecule has 16 heavy (non-hydrogen) atoms. The van der Waals surface area contributed by atoms with E-state index in [1.807, 2.05) is 5.38 Å². The number of rotatable bonds is 3. The molecular weight excluding hydrogens is 293 g/mol. The molecule has 2 rings (SSSR count). The quantitative estimate of drug-likeness (QED) is 0.944. The van der Waals surface area contributed by atoms with Crippen molar-refractivity contribution in [2.24, 2.45) is 0 Å².